The standard InChI is InChI=1S/C6H13NO3/c1-4-6(7(8)9)5(2)10-3/h5-6H,4H2,1-3H3/t5-,6-/m0/s1. The number of methoxy groups -OCH3 is 1. The van der Waals surface area contributed by atoms with E-state index in [9.17, 15) is 10.1 Å². The zero-order chi connectivity index (χ0) is 8.15. The third-order valence-corrected chi connectivity index (χ3v) is 1.60. The highest BCUT2D eigenvalue weighted by Gasteiger charge is 2.24. The highest BCUT2D eigenvalue weighted by Crippen LogP contribution is 2.04. The van der Waals surface area contributed by atoms with Crippen molar-refractivity contribution < 1.29 is 9.66 Å². The van der Waals surface area contributed by atoms with E-state index in [2.05, 4.69) is 0 Å². The van der Waals surface area contributed by atoms with E-state index >= 15 is 0 Å². The Morgan fingerprint density at radius 3 is 2.30 bits per heavy atom. The molecule has 0 aromatic carbocycles. The van der Waals surface area contributed by atoms with Crippen LogP contribution in [0.25, 0.3) is 0 Å². The fraction of sp³-hybridized carbons (Fsp3) is 1.00. The van der Waals surface area contributed by atoms with Crippen molar-refractivity contribution in [2.45, 2.75) is 32.4 Å². The summed E-state index contributed by atoms with van der Waals surface area (Å²) < 4.78 is 4.82. The lowest BCUT2D eigenvalue weighted by Crippen LogP contribution is -2.31. The van der Waals surface area contributed by atoms with Crippen molar-refractivity contribution in [3.8, 4) is 0 Å². The number of ether oxygens (including phenoxy) is 1. The van der Waals surface area contributed by atoms with E-state index in [1.165, 1.54) is 7.11 Å². The molecule has 0 radical (unpaired) electrons. The maximum atomic E-state index is 10.3. The van der Waals surface area contributed by atoms with Crippen LogP contribution in [0.1, 0.15) is 20.3 Å². The first-order valence-electron chi connectivity index (χ1n) is 3.29. The number of hydrogen-bond donors (Lipinski definition) is 0. The van der Waals surface area contributed by atoms with Gasteiger partial charge in [0, 0.05) is 18.5 Å². The first kappa shape index (κ1) is 9.36. The second-order valence-electron chi connectivity index (χ2n) is 2.20. The van der Waals surface area contributed by atoms with Gasteiger partial charge in [-0.2, -0.15) is 0 Å². The molecule has 0 aliphatic heterocycles. The molecule has 0 heterocycles. The molecule has 0 aliphatic carbocycles. The van der Waals surface area contributed by atoms with E-state index in [-0.39, 0.29) is 11.0 Å². The molecule has 0 aromatic rings. The highest BCUT2D eigenvalue weighted by molar-refractivity contribution is 4.61. The largest absolute Gasteiger partial charge is 0.375 e. The lowest BCUT2D eigenvalue weighted by molar-refractivity contribution is -0.534. The zero-order valence-corrected chi connectivity index (χ0v) is 6.53. The quantitative estimate of drug-likeness (QED) is 0.441. The molecule has 4 nitrogen and oxygen atoms in total. The third-order valence-electron chi connectivity index (χ3n) is 1.60. The van der Waals surface area contributed by atoms with Gasteiger partial charge in [-0.25, -0.2) is 0 Å². The molecule has 0 amide bonds. The Labute approximate surface area is 60.3 Å². The van der Waals surface area contributed by atoms with E-state index in [0.717, 1.165) is 0 Å². The zero-order valence-electron chi connectivity index (χ0n) is 6.53. The van der Waals surface area contributed by atoms with Crippen LogP contribution in [0.15, 0.2) is 0 Å². The van der Waals surface area contributed by atoms with Gasteiger partial charge < -0.3 is 4.74 Å². The molecule has 4 heteroatoms. The Hall–Kier alpha value is -0.640. The van der Waals surface area contributed by atoms with E-state index in [1.54, 1.807) is 13.8 Å². The van der Waals surface area contributed by atoms with Crippen molar-refractivity contribution in [1.82, 2.24) is 0 Å². The van der Waals surface area contributed by atoms with Crippen molar-refractivity contribution in [1.29, 1.82) is 0 Å². The monoisotopic (exact) mass is 147 g/mol. The van der Waals surface area contributed by atoms with Crippen molar-refractivity contribution in [3.05, 3.63) is 10.1 Å². The van der Waals surface area contributed by atoms with Crippen LogP contribution in [0.2, 0.25) is 0 Å². The van der Waals surface area contributed by atoms with Crippen LogP contribution in [-0.4, -0.2) is 24.2 Å². The molecule has 10 heavy (non-hydrogen) atoms. The van der Waals surface area contributed by atoms with Crippen molar-refractivity contribution >= 4 is 0 Å². The molecule has 0 spiro atoms. The summed E-state index contributed by atoms with van der Waals surface area (Å²) in [5.41, 5.74) is 0. The number of nitrogens with zero attached hydrogens (tertiary/aromatic N) is 1. The van der Waals surface area contributed by atoms with Crippen LogP contribution < -0.4 is 0 Å². The van der Waals surface area contributed by atoms with E-state index in [1.807, 2.05) is 0 Å². The Morgan fingerprint density at radius 1 is 1.70 bits per heavy atom. The maximum Gasteiger partial charge on any atom is 0.238 e. The first-order valence-corrected chi connectivity index (χ1v) is 3.29. The van der Waals surface area contributed by atoms with E-state index in [4.69, 9.17) is 4.74 Å². The maximum absolute atomic E-state index is 10.3. The van der Waals surface area contributed by atoms with Crippen molar-refractivity contribution in [2.75, 3.05) is 7.11 Å². The minimum Gasteiger partial charge on any atom is -0.375 e. The average Bonchev–Trinajstić information content (AvgIpc) is 1.88. The molecule has 2 atom stereocenters. The molecule has 0 bridgehead atoms. The molecule has 0 saturated heterocycles. The minimum atomic E-state index is -0.565. The molecule has 0 unspecified atom stereocenters. The molecule has 0 aliphatic rings. The van der Waals surface area contributed by atoms with Crippen molar-refractivity contribution in [3.63, 3.8) is 0 Å². The third kappa shape index (κ3) is 2.31. The van der Waals surface area contributed by atoms with Crippen LogP contribution >= 0.6 is 0 Å². The summed E-state index contributed by atoms with van der Waals surface area (Å²) in [4.78, 5) is 9.96. The average molecular weight is 147 g/mol. The van der Waals surface area contributed by atoms with Gasteiger partial charge >= 0.3 is 0 Å². The Balaban J connectivity index is 3.92. The van der Waals surface area contributed by atoms with Gasteiger partial charge in [-0.1, -0.05) is 6.92 Å². The van der Waals surface area contributed by atoms with Gasteiger partial charge in [-0.15, -0.1) is 0 Å². The Kier molecular flexibility index (Phi) is 3.95. The molecular formula is C6H13NO3. The summed E-state index contributed by atoms with van der Waals surface area (Å²) in [6.45, 7) is 3.49. The topological polar surface area (TPSA) is 52.4 Å². The Morgan fingerprint density at radius 2 is 2.20 bits per heavy atom. The minimum absolute atomic E-state index is 0.292. The molecule has 0 saturated carbocycles. The van der Waals surface area contributed by atoms with E-state index in [0.29, 0.717) is 6.42 Å². The van der Waals surface area contributed by atoms with Gasteiger partial charge in [-0.05, 0) is 6.92 Å². The van der Waals surface area contributed by atoms with Crippen molar-refractivity contribution in [2.24, 2.45) is 0 Å². The predicted octanol–water partition coefficient (Wildman–Crippen LogP) is 1.08. The van der Waals surface area contributed by atoms with Crippen LogP contribution in [0.4, 0.5) is 0 Å². The number of rotatable bonds is 4. The van der Waals surface area contributed by atoms with Gasteiger partial charge in [0.1, 0.15) is 6.10 Å². The summed E-state index contributed by atoms with van der Waals surface area (Å²) >= 11 is 0. The molecule has 0 aromatic heterocycles. The second kappa shape index (κ2) is 4.22. The van der Waals surface area contributed by atoms with Gasteiger partial charge in [0.05, 0.1) is 0 Å². The van der Waals surface area contributed by atoms with Gasteiger partial charge in [0.2, 0.25) is 6.04 Å². The van der Waals surface area contributed by atoms with Gasteiger partial charge in [0.15, 0.2) is 0 Å². The molecule has 60 valence electrons. The molecule has 0 fully saturated rings. The fourth-order valence-electron chi connectivity index (χ4n) is 0.809. The Bertz CT molecular complexity index is 116. The van der Waals surface area contributed by atoms with Crippen LogP contribution in [0.5, 0.6) is 0 Å². The van der Waals surface area contributed by atoms with Crippen LogP contribution in [0.3, 0.4) is 0 Å². The number of nitro groups is 1. The molecule has 0 N–H and O–H groups in total. The SMILES string of the molecule is CC[C@@H]([C@H](C)OC)[N+](=O)[O-]. The lowest BCUT2D eigenvalue weighted by Gasteiger charge is -2.12. The first-order chi connectivity index (χ1) is 4.63. The summed E-state index contributed by atoms with van der Waals surface area (Å²) in [5.74, 6) is 0. The molecule has 0 rings (SSSR count). The van der Waals surface area contributed by atoms with Crippen LogP contribution in [-0.2, 0) is 4.74 Å². The van der Waals surface area contributed by atoms with Gasteiger partial charge in [0.25, 0.3) is 0 Å². The highest BCUT2D eigenvalue weighted by atomic mass is 16.6. The summed E-state index contributed by atoms with van der Waals surface area (Å²) in [6.07, 6.45) is 0.224. The van der Waals surface area contributed by atoms with Gasteiger partial charge in [-0.3, -0.25) is 10.1 Å². The summed E-state index contributed by atoms with van der Waals surface area (Å²) in [7, 11) is 1.48. The van der Waals surface area contributed by atoms with E-state index < -0.39 is 6.04 Å². The van der Waals surface area contributed by atoms with Crippen LogP contribution in [0, 0.1) is 10.1 Å². The summed E-state index contributed by atoms with van der Waals surface area (Å²) in [5, 5.41) is 10.3. The predicted molar refractivity (Wildman–Crippen MR) is 37.5 cm³/mol. The number of hydrogen-bond acceptors (Lipinski definition) is 3. The smallest absolute Gasteiger partial charge is 0.238 e. The molecular weight excluding hydrogens is 134 g/mol. The normalized spacial score (nSPS) is 16.3. The second-order valence-corrected chi connectivity index (χ2v) is 2.20. The fourth-order valence-corrected chi connectivity index (χ4v) is 0.809. The lowest BCUT2D eigenvalue weighted by atomic mass is 10.1. The summed E-state index contributed by atoms with van der Waals surface area (Å²) in [6, 6.07) is -0.565.